The summed E-state index contributed by atoms with van der Waals surface area (Å²) in [5, 5.41) is 0. The van der Waals surface area contributed by atoms with Gasteiger partial charge >= 0.3 is 5.91 Å². The van der Waals surface area contributed by atoms with Crippen LogP contribution in [0.4, 0.5) is 0 Å². The molecule has 0 aliphatic carbocycles. The number of amides is 2. The molecule has 1 aliphatic rings. The molecule has 0 spiro atoms. The molecule has 1 aliphatic heterocycles. The van der Waals surface area contributed by atoms with E-state index in [0.29, 0.717) is 25.5 Å². The summed E-state index contributed by atoms with van der Waals surface area (Å²) in [6.07, 6.45) is 0. The van der Waals surface area contributed by atoms with Gasteiger partial charge in [0.15, 0.2) is 5.76 Å². The second-order valence-electron chi connectivity index (χ2n) is 4.03. The van der Waals surface area contributed by atoms with Crippen LogP contribution in [-0.2, 0) is 16.1 Å². The molecule has 1 fully saturated rings. The molecule has 0 aromatic carbocycles. The van der Waals surface area contributed by atoms with Gasteiger partial charge in [-0.1, -0.05) is 0 Å². The maximum absolute atomic E-state index is 11.6. The van der Waals surface area contributed by atoms with Crippen LogP contribution in [-0.4, -0.2) is 36.5 Å². The molecule has 0 radical (unpaired) electrons. The molecular formula is C11H15N3O4. The summed E-state index contributed by atoms with van der Waals surface area (Å²) >= 11 is 0. The van der Waals surface area contributed by atoms with Crippen LogP contribution in [0.2, 0.25) is 0 Å². The topological polar surface area (TPSA) is 97.8 Å². The van der Waals surface area contributed by atoms with E-state index in [0.717, 1.165) is 5.56 Å². The summed E-state index contributed by atoms with van der Waals surface area (Å²) in [5.41, 5.74) is 2.80. The highest BCUT2D eigenvalue weighted by Gasteiger charge is 2.21. The van der Waals surface area contributed by atoms with Gasteiger partial charge in [-0.05, 0) is 13.0 Å². The van der Waals surface area contributed by atoms with Crippen molar-refractivity contribution in [1.29, 1.82) is 0 Å². The summed E-state index contributed by atoms with van der Waals surface area (Å²) in [6, 6.07) is 1.60. The number of nitrogens with zero attached hydrogens (tertiary/aromatic N) is 1. The molecule has 7 nitrogen and oxygen atoms in total. The van der Waals surface area contributed by atoms with Crippen LogP contribution in [0.1, 0.15) is 21.9 Å². The van der Waals surface area contributed by atoms with Gasteiger partial charge in [0.05, 0.1) is 6.61 Å². The fraction of sp³-hybridized carbons (Fsp3) is 0.455. The van der Waals surface area contributed by atoms with Crippen molar-refractivity contribution in [2.45, 2.75) is 13.5 Å². The van der Waals surface area contributed by atoms with Crippen molar-refractivity contribution in [3.05, 3.63) is 23.2 Å². The van der Waals surface area contributed by atoms with E-state index in [1.54, 1.807) is 17.9 Å². The van der Waals surface area contributed by atoms with E-state index in [4.69, 9.17) is 15.0 Å². The number of carbonyl (C=O) groups excluding carboxylic acids is 2. The fourth-order valence-electron chi connectivity index (χ4n) is 1.78. The number of carbonyl (C=O) groups is 2. The zero-order valence-corrected chi connectivity index (χ0v) is 10.1. The minimum atomic E-state index is -0.488. The molecular weight excluding hydrogens is 238 g/mol. The van der Waals surface area contributed by atoms with Crippen molar-refractivity contribution >= 4 is 11.8 Å². The quantitative estimate of drug-likeness (QED) is 0.432. The van der Waals surface area contributed by atoms with E-state index in [1.165, 1.54) is 0 Å². The minimum absolute atomic E-state index is 0.0633. The maximum Gasteiger partial charge on any atom is 0.300 e. The van der Waals surface area contributed by atoms with E-state index in [1.807, 2.05) is 5.43 Å². The van der Waals surface area contributed by atoms with Gasteiger partial charge in [-0.25, -0.2) is 5.84 Å². The van der Waals surface area contributed by atoms with Gasteiger partial charge < -0.3 is 14.1 Å². The van der Waals surface area contributed by atoms with E-state index in [9.17, 15) is 9.59 Å². The summed E-state index contributed by atoms with van der Waals surface area (Å²) in [5.74, 6) is 5.23. The van der Waals surface area contributed by atoms with Gasteiger partial charge in [-0.3, -0.25) is 15.0 Å². The maximum atomic E-state index is 11.6. The molecule has 2 heterocycles. The number of ether oxygens (including phenoxy) is 1. The summed E-state index contributed by atoms with van der Waals surface area (Å²) < 4.78 is 10.3. The molecule has 0 saturated carbocycles. The molecule has 2 amide bonds. The second-order valence-corrected chi connectivity index (χ2v) is 4.03. The van der Waals surface area contributed by atoms with Crippen LogP contribution in [0.5, 0.6) is 0 Å². The van der Waals surface area contributed by atoms with E-state index in [2.05, 4.69) is 0 Å². The number of hydrogen-bond donors (Lipinski definition) is 2. The summed E-state index contributed by atoms with van der Waals surface area (Å²) in [6.45, 7) is 3.33. The molecule has 3 N–H and O–H groups in total. The third kappa shape index (κ3) is 2.52. The molecule has 1 saturated heterocycles. The van der Waals surface area contributed by atoms with E-state index in [-0.39, 0.29) is 18.3 Å². The Kier molecular flexibility index (Phi) is 3.63. The Bertz CT molecular complexity index is 469. The number of nitrogen functional groups attached to an aromatic ring is 1. The zero-order chi connectivity index (χ0) is 13.1. The van der Waals surface area contributed by atoms with Crippen LogP contribution in [0.25, 0.3) is 0 Å². The molecule has 0 atom stereocenters. The van der Waals surface area contributed by atoms with Crippen molar-refractivity contribution in [3.63, 3.8) is 0 Å². The molecule has 0 bridgehead atoms. The van der Waals surface area contributed by atoms with Crippen molar-refractivity contribution in [1.82, 2.24) is 10.3 Å². The Morgan fingerprint density at radius 1 is 1.61 bits per heavy atom. The Morgan fingerprint density at radius 2 is 2.39 bits per heavy atom. The van der Waals surface area contributed by atoms with Gasteiger partial charge in [0.2, 0.25) is 5.91 Å². The van der Waals surface area contributed by atoms with Crippen molar-refractivity contribution in [2.75, 3.05) is 19.8 Å². The van der Waals surface area contributed by atoms with E-state index < -0.39 is 5.91 Å². The predicted octanol–water partition coefficient (Wildman–Crippen LogP) is -0.450. The second kappa shape index (κ2) is 5.19. The minimum Gasteiger partial charge on any atom is -0.456 e. The highest BCUT2D eigenvalue weighted by Crippen LogP contribution is 2.17. The van der Waals surface area contributed by atoms with Gasteiger partial charge in [-0.2, -0.15) is 0 Å². The predicted molar refractivity (Wildman–Crippen MR) is 61.3 cm³/mol. The monoisotopic (exact) mass is 253 g/mol. The SMILES string of the molecule is Cc1oc(C(=O)NN)cc1CN1CCOCC1=O. The van der Waals surface area contributed by atoms with E-state index >= 15 is 0 Å². The number of rotatable bonds is 3. The Hall–Kier alpha value is -1.86. The first-order valence-electron chi connectivity index (χ1n) is 5.57. The standard InChI is InChI=1S/C11H15N3O4/c1-7-8(4-9(18-7)11(16)13-12)5-14-2-3-17-6-10(14)15/h4H,2-3,5-6,12H2,1H3,(H,13,16). The summed E-state index contributed by atoms with van der Waals surface area (Å²) in [4.78, 5) is 24.6. The Labute approximate surface area is 104 Å². The van der Waals surface area contributed by atoms with Crippen LogP contribution in [0.15, 0.2) is 10.5 Å². The van der Waals surface area contributed by atoms with Crippen LogP contribution in [0, 0.1) is 6.92 Å². The number of aryl methyl sites for hydroxylation is 1. The van der Waals surface area contributed by atoms with Crippen LogP contribution in [0.3, 0.4) is 0 Å². The number of hydrazine groups is 1. The lowest BCUT2D eigenvalue weighted by atomic mass is 10.2. The van der Waals surface area contributed by atoms with Gasteiger partial charge in [0, 0.05) is 18.7 Å². The molecule has 2 rings (SSSR count). The third-order valence-corrected chi connectivity index (χ3v) is 2.82. The molecule has 1 aromatic heterocycles. The molecule has 7 heteroatoms. The number of morpholine rings is 1. The van der Waals surface area contributed by atoms with Crippen molar-refractivity contribution < 1.29 is 18.7 Å². The first kappa shape index (κ1) is 12.6. The Morgan fingerprint density at radius 3 is 3.06 bits per heavy atom. The van der Waals surface area contributed by atoms with Crippen molar-refractivity contribution in [2.24, 2.45) is 5.84 Å². The van der Waals surface area contributed by atoms with Gasteiger partial charge in [0.1, 0.15) is 12.4 Å². The highest BCUT2D eigenvalue weighted by molar-refractivity contribution is 5.91. The number of nitrogens with one attached hydrogen (secondary N) is 1. The third-order valence-electron chi connectivity index (χ3n) is 2.82. The van der Waals surface area contributed by atoms with Crippen LogP contribution < -0.4 is 11.3 Å². The van der Waals surface area contributed by atoms with Gasteiger partial charge in [-0.15, -0.1) is 0 Å². The first-order chi connectivity index (χ1) is 8.61. The zero-order valence-electron chi connectivity index (χ0n) is 10.1. The molecule has 0 unspecified atom stereocenters. The molecule has 98 valence electrons. The smallest absolute Gasteiger partial charge is 0.300 e. The fourth-order valence-corrected chi connectivity index (χ4v) is 1.78. The normalized spacial score (nSPS) is 15.9. The lowest BCUT2D eigenvalue weighted by molar-refractivity contribution is -0.143. The average molecular weight is 253 g/mol. The van der Waals surface area contributed by atoms with Gasteiger partial charge in [0.25, 0.3) is 0 Å². The van der Waals surface area contributed by atoms with Crippen LogP contribution >= 0.6 is 0 Å². The largest absolute Gasteiger partial charge is 0.456 e. The average Bonchev–Trinajstić information content (AvgIpc) is 2.73. The molecule has 1 aromatic rings. The number of hydrogen-bond acceptors (Lipinski definition) is 5. The Balaban J connectivity index is 2.11. The highest BCUT2D eigenvalue weighted by atomic mass is 16.5. The number of nitrogens with two attached hydrogens (primary N) is 1. The summed E-state index contributed by atoms with van der Waals surface area (Å²) in [7, 11) is 0. The lowest BCUT2D eigenvalue weighted by Gasteiger charge is -2.26. The first-order valence-corrected chi connectivity index (χ1v) is 5.57. The molecule has 18 heavy (non-hydrogen) atoms. The lowest BCUT2D eigenvalue weighted by Crippen LogP contribution is -2.40. The van der Waals surface area contributed by atoms with Crippen molar-refractivity contribution in [3.8, 4) is 0 Å². The number of furan rings is 1.